The number of para-hydroxylation sites is 1. The Morgan fingerprint density at radius 1 is 0.457 bits per heavy atom. The molecule has 0 fully saturated rings. The van der Waals surface area contributed by atoms with Crippen molar-refractivity contribution in [3.63, 3.8) is 0 Å². The van der Waals surface area contributed by atoms with Crippen LogP contribution in [0.25, 0.3) is 82.6 Å². The third-order valence-corrected chi connectivity index (χ3v) is 10.9. The highest BCUT2D eigenvalue weighted by Crippen LogP contribution is 2.54. The van der Waals surface area contributed by atoms with Crippen molar-refractivity contribution < 1.29 is 0 Å². The van der Waals surface area contributed by atoms with Crippen LogP contribution in [0.15, 0.2) is 146 Å². The lowest BCUT2D eigenvalue weighted by Crippen LogP contribution is -1.97. The number of aromatic nitrogens is 1. The molecule has 1 atom stereocenters. The van der Waals surface area contributed by atoms with Crippen LogP contribution in [-0.4, -0.2) is 4.40 Å². The summed E-state index contributed by atoms with van der Waals surface area (Å²) in [4.78, 5) is 0. The molecule has 2 aliphatic rings. The molecule has 46 heavy (non-hydrogen) atoms. The number of hydrogen-bond donors (Lipinski definition) is 0. The molecule has 0 aliphatic heterocycles. The van der Waals surface area contributed by atoms with Crippen molar-refractivity contribution in [2.24, 2.45) is 0 Å². The highest BCUT2D eigenvalue weighted by Gasteiger charge is 2.34. The summed E-state index contributed by atoms with van der Waals surface area (Å²) < 4.78 is 2.51. The van der Waals surface area contributed by atoms with Crippen LogP contribution in [0.1, 0.15) is 29.0 Å². The summed E-state index contributed by atoms with van der Waals surface area (Å²) in [7, 11) is 0. The molecule has 2 aromatic heterocycles. The number of fused-ring (bicyclic) bond motifs is 11. The number of benzene rings is 7. The van der Waals surface area contributed by atoms with Crippen LogP contribution in [-0.2, 0) is 6.42 Å². The summed E-state index contributed by atoms with van der Waals surface area (Å²) in [6, 6.07) is 54.7. The van der Waals surface area contributed by atoms with E-state index >= 15 is 0 Å². The predicted octanol–water partition coefficient (Wildman–Crippen LogP) is 11.9. The first-order chi connectivity index (χ1) is 22.8. The minimum absolute atomic E-state index is 0.450. The SMILES string of the molecule is c1ccc(-c2ccc3c(c2)c2cccc4c5c(-c6cc7c8c(c6)-c6ccccc6C8CCc6ccccc6-7)cccc5n3c24)cc1. The van der Waals surface area contributed by atoms with Gasteiger partial charge in [-0.2, -0.15) is 0 Å². The van der Waals surface area contributed by atoms with E-state index in [9.17, 15) is 0 Å². The van der Waals surface area contributed by atoms with Crippen molar-refractivity contribution in [3.8, 4) is 44.5 Å². The Morgan fingerprint density at radius 2 is 1.20 bits per heavy atom. The number of rotatable bonds is 2. The zero-order chi connectivity index (χ0) is 29.9. The molecular weight excluding hydrogens is 555 g/mol. The van der Waals surface area contributed by atoms with Crippen LogP contribution in [0.2, 0.25) is 0 Å². The third kappa shape index (κ3) is 3.15. The van der Waals surface area contributed by atoms with E-state index in [1.807, 2.05) is 0 Å². The number of aryl methyl sites for hydroxylation is 1. The molecule has 2 heterocycles. The molecule has 1 nitrogen and oxygen atoms in total. The van der Waals surface area contributed by atoms with Crippen LogP contribution < -0.4 is 0 Å². The average molecular weight is 584 g/mol. The van der Waals surface area contributed by atoms with Crippen LogP contribution in [0.5, 0.6) is 0 Å². The molecule has 9 aromatic rings. The molecule has 0 saturated heterocycles. The lowest BCUT2D eigenvalue weighted by molar-refractivity contribution is 0.740. The Bertz CT molecular complexity index is 2690. The third-order valence-electron chi connectivity index (χ3n) is 10.9. The largest absolute Gasteiger partial charge is 0.308 e. The van der Waals surface area contributed by atoms with Gasteiger partial charge in [-0.3, -0.25) is 0 Å². The van der Waals surface area contributed by atoms with E-state index in [-0.39, 0.29) is 0 Å². The van der Waals surface area contributed by atoms with Gasteiger partial charge in [0.05, 0.1) is 16.6 Å². The molecule has 11 rings (SSSR count). The minimum Gasteiger partial charge on any atom is -0.308 e. The zero-order valence-electron chi connectivity index (χ0n) is 25.3. The van der Waals surface area contributed by atoms with Crippen molar-refractivity contribution >= 4 is 38.1 Å². The fourth-order valence-electron chi connectivity index (χ4n) is 9.01. The number of nitrogens with zero attached hydrogens (tertiary/aromatic N) is 1. The highest BCUT2D eigenvalue weighted by atomic mass is 14.9. The Morgan fingerprint density at radius 3 is 2.11 bits per heavy atom. The van der Waals surface area contributed by atoms with Gasteiger partial charge >= 0.3 is 0 Å². The lowest BCUT2D eigenvalue weighted by atomic mass is 9.87. The average Bonchev–Trinajstić information content (AvgIpc) is 3.71. The second-order valence-corrected chi connectivity index (χ2v) is 13.2. The molecular formula is C45H29N. The maximum Gasteiger partial charge on any atom is 0.0620 e. The molecule has 0 saturated carbocycles. The van der Waals surface area contributed by atoms with E-state index in [0.717, 1.165) is 12.8 Å². The first kappa shape index (κ1) is 24.6. The second-order valence-electron chi connectivity index (χ2n) is 13.2. The van der Waals surface area contributed by atoms with Crippen molar-refractivity contribution in [2.45, 2.75) is 18.8 Å². The van der Waals surface area contributed by atoms with Gasteiger partial charge < -0.3 is 4.40 Å². The van der Waals surface area contributed by atoms with Gasteiger partial charge in [0, 0.05) is 27.5 Å². The number of hydrogen-bond acceptors (Lipinski definition) is 0. The first-order valence-corrected chi connectivity index (χ1v) is 16.5. The summed E-state index contributed by atoms with van der Waals surface area (Å²) in [5, 5.41) is 5.30. The molecule has 0 bridgehead atoms. The van der Waals surface area contributed by atoms with Crippen molar-refractivity contribution in [1.82, 2.24) is 4.40 Å². The first-order valence-electron chi connectivity index (χ1n) is 16.5. The molecule has 1 unspecified atom stereocenters. The van der Waals surface area contributed by atoms with Gasteiger partial charge in [-0.25, -0.2) is 0 Å². The minimum atomic E-state index is 0.450. The van der Waals surface area contributed by atoms with Gasteiger partial charge in [-0.15, -0.1) is 0 Å². The second kappa shape index (κ2) is 8.96. The smallest absolute Gasteiger partial charge is 0.0620 e. The van der Waals surface area contributed by atoms with Gasteiger partial charge in [0.25, 0.3) is 0 Å². The molecule has 0 amide bonds. The van der Waals surface area contributed by atoms with E-state index in [0.29, 0.717) is 5.92 Å². The Hall–Kier alpha value is -5.66. The van der Waals surface area contributed by atoms with Gasteiger partial charge in [0.2, 0.25) is 0 Å². The van der Waals surface area contributed by atoms with Crippen molar-refractivity contribution in [3.05, 3.63) is 162 Å². The molecule has 7 aromatic carbocycles. The van der Waals surface area contributed by atoms with Gasteiger partial charge in [-0.05, 0) is 104 Å². The topological polar surface area (TPSA) is 4.41 Å². The molecule has 1 heteroatoms. The van der Waals surface area contributed by atoms with E-state index in [1.54, 1.807) is 0 Å². The maximum absolute atomic E-state index is 2.51. The van der Waals surface area contributed by atoms with Gasteiger partial charge in [-0.1, -0.05) is 115 Å². The van der Waals surface area contributed by atoms with Crippen LogP contribution >= 0.6 is 0 Å². The molecule has 0 N–H and O–H groups in total. The predicted molar refractivity (Wildman–Crippen MR) is 193 cm³/mol. The summed E-state index contributed by atoms with van der Waals surface area (Å²) in [6.45, 7) is 0. The van der Waals surface area contributed by atoms with E-state index in [1.165, 1.54) is 99.3 Å². The molecule has 0 spiro atoms. The normalized spacial score (nSPS) is 15.0. The Labute approximate surface area is 267 Å². The van der Waals surface area contributed by atoms with Gasteiger partial charge in [0.1, 0.15) is 0 Å². The van der Waals surface area contributed by atoms with E-state index in [4.69, 9.17) is 0 Å². The summed E-state index contributed by atoms with van der Waals surface area (Å²) >= 11 is 0. The van der Waals surface area contributed by atoms with E-state index in [2.05, 4.69) is 150 Å². The quantitative estimate of drug-likeness (QED) is 0.191. The highest BCUT2D eigenvalue weighted by molar-refractivity contribution is 6.26. The van der Waals surface area contributed by atoms with Crippen LogP contribution in [0, 0.1) is 0 Å². The fourth-order valence-corrected chi connectivity index (χ4v) is 9.01. The molecule has 2 aliphatic carbocycles. The van der Waals surface area contributed by atoms with Crippen LogP contribution in [0.4, 0.5) is 0 Å². The zero-order valence-corrected chi connectivity index (χ0v) is 25.3. The van der Waals surface area contributed by atoms with Gasteiger partial charge in [0.15, 0.2) is 0 Å². The van der Waals surface area contributed by atoms with Crippen molar-refractivity contribution in [1.29, 1.82) is 0 Å². The summed E-state index contributed by atoms with van der Waals surface area (Å²) in [5.74, 6) is 0.450. The van der Waals surface area contributed by atoms with Crippen molar-refractivity contribution in [2.75, 3.05) is 0 Å². The Balaban J connectivity index is 1.21. The lowest BCUT2D eigenvalue weighted by Gasteiger charge is -2.16. The summed E-state index contributed by atoms with van der Waals surface area (Å²) in [6.07, 6.45) is 2.26. The maximum atomic E-state index is 2.51. The monoisotopic (exact) mass is 583 g/mol. The fraction of sp³-hybridized carbons (Fsp3) is 0.0667. The molecule has 214 valence electrons. The Kier molecular flexibility index (Phi) is 4.80. The molecule has 0 radical (unpaired) electrons. The van der Waals surface area contributed by atoms with E-state index < -0.39 is 0 Å². The van der Waals surface area contributed by atoms with Crippen LogP contribution in [0.3, 0.4) is 0 Å². The standard InChI is InChI=1S/C45H29N/c1-2-10-27(11-3-1)29-21-23-41-38(24-29)36-17-8-18-37-44-32(16-9-19-42(44)46(41)45(36)37)30-25-39-31-13-5-4-12-28(31)20-22-35-33-14-6-7-15-34(33)40(26-30)43(35)39/h1-19,21,23-26,35H,20,22H2. The summed E-state index contributed by atoms with van der Waals surface area (Å²) in [5.41, 5.74) is 19.1.